The van der Waals surface area contributed by atoms with E-state index in [4.69, 9.17) is 21.1 Å². The van der Waals surface area contributed by atoms with Crippen molar-refractivity contribution in [3.05, 3.63) is 124 Å². The molecule has 0 spiro atoms. The number of halogens is 1. The molecule has 0 unspecified atom stereocenters. The molecule has 0 saturated heterocycles. The first kappa shape index (κ1) is 29.5. The molecule has 0 radical (unpaired) electrons. The Morgan fingerprint density at radius 3 is 2.40 bits per heavy atom. The van der Waals surface area contributed by atoms with E-state index in [1.165, 1.54) is 17.6 Å². The molecule has 2 amide bonds. The van der Waals surface area contributed by atoms with Crippen molar-refractivity contribution < 1.29 is 23.9 Å². The smallest absolute Gasteiger partial charge is 0.355 e. The number of anilines is 1. The lowest BCUT2D eigenvalue weighted by atomic mass is 10.1. The van der Waals surface area contributed by atoms with Gasteiger partial charge in [-0.25, -0.2) is 10.2 Å². The van der Waals surface area contributed by atoms with Crippen molar-refractivity contribution in [3.8, 4) is 11.5 Å². The fourth-order valence-electron chi connectivity index (χ4n) is 4.17. The summed E-state index contributed by atoms with van der Waals surface area (Å²) >= 11 is 7.70. The number of rotatable bonds is 10. The van der Waals surface area contributed by atoms with Gasteiger partial charge in [-0.15, -0.1) is 11.3 Å². The number of hydrogen-bond acceptors (Lipinski definition) is 7. The van der Waals surface area contributed by atoms with Crippen molar-refractivity contribution in [1.29, 1.82) is 0 Å². The van der Waals surface area contributed by atoms with Gasteiger partial charge in [0.1, 0.15) is 4.88 Å². The molecule has 43 heavy (non-hydrogen) atoms. The highest BCUT2D eigenvalue weighted by molar-refractivity contribution is 7.21. The summed E-state index contributed by atoms with van der Waals surface area (Å²) in [6.07, 6.45) is 1.71. The first-order valence-electron chi connectivity index (χ1n) is 13.3. The normalized spacial score (nSPS) is 10.9. The lowest BCUT2D eigenvalue weighted by Crippen LogP contribution is -2.18. The van der Waals surface area contributed by atoms with Crippen LogP contribution in [0.4, 0.5) is 5.69 Å². The molecule has 2 N–H and O–H groups in total. The van der Waals surface area contributed by atoms with E-state index in [0.717, 1.165) is 15.6 Å². The summed E-state index contributed by atoms with van der Waals surface area (Å²) < 4.78 is 12.2. The molecule has 0 saturated carbocycles. The van der Waals surface area contributed by atoms with E-state index in [0.29, 0.717) is 39.1 Å². The van der Waals surface area contributed by atoms with Crippen molar-refractivity contribution >= 4 is 62.7 Å². The minimum Gasteiger partial charge on any atom is -0.490 e. The van der Waals surface area contributed by atoms with Gasteiger partial charge in [-0.1, -0.05) is 60.1 Å². The van der Waals surface area contributed by atoms with Crippen LogP contribution >= 0.6 is 22.9 Å². The summed E-state index contributed by atoms with van der Waals surface area (Å²) in [6, 6.07) is 28.4. The number of fused-ring (bicyclic) bond motifs is 1. The maximum atomic E-state index is 12.9. The fraction of sp³-hybridized carbons (Fsp3) is 0.0909. The van der Waals surface area contributed by atoms with Gasteiger partial charge < -0.3 is 14.8 Å². The van der Waals surface area contributed by atoms with E-state index >= 15 is 0 Å². The SMILES string of the molecule is CCOc1cc(/C=N\NC(=O)c2ccc(NC(=O)Cc3ccccc3)cc2)ccc1OC(=O)c1sc2ccccc2c1Cl. The highest BCUT2D eigenvalue weighted by Gasteiger charge is 2.20. The summed E-state index contributed by atoms with van der Waals surface area (Å²) in [5.74, 6) is -0.577. The number of nitrogens with one attached hydrogen (secondary N) is 2. The second kappa shape index (κ2) is 13.8. The van der Waals surface area contributed by atoms with E-state index in [-0.39, 0.29) is 18.1 Å². The molecule has 10 heteroatoms. The monoisotopic (exact) mass is 611 g/mol. The minimum absolute atomic E-state index is 0.149. The molecule has 4 aromatic carbocycles. The van der Waals surface area contributed by atoms with E-state index in [2.05, 4.69) is 15.8 Å². The Kier molecular flexibility index (Phi) is 9.46. The van der Waals surface area contributed by atoms with Gasteiger partial charge in [0.15, 0.2) is 11.5 Å². The van der Waals surface area contributed by atoms with Crippen LogP contribution in [0.5, 0.6) is 11.5 Å². The number of nitrogens with zero attached hydrogens (tertiary/aromatic N) is 1. The van der Waals surface area contributed by atoms with Crippen LogP contribution in [0.3, 0.4) is 0 Å². The Labute approximate surface area is 256 Å². The molecule has 0 fully saturated rings. The summed E-state index contributed by atoms with van der Waals surface area (Å²) in [5, 5.41) is 8.00. The molecule has 0 aliphatic heterocycles. The number of carbonyl (C=O) groups is 3. The van der Waals surface area contributed by atoms with Crippen LogP contribution in [0.25, 0.3) is 10.1 Å². The number of hydrogen-bond donors (Lipinski definition) is 2. The largest absolute Gasteiger partial charge is 0.490 e. The number of amides is 2. The van der Waals surface area contributed by atoms with E-state index < -0.39 is 11.9 Å². The molecule has 5 rings (SSSR count). The van der Waals surface area contributed by atoms with Gasteiger partial charge in [-0.05, 0) is 66.6 Å². The number of thiophene rings is 1. The fourth-order valence-corrected chi connectivity index (χ4v) is 5.56. The highest BCUT2D eigenvalue weighted by Crippen LogP contribution is 2.37. The summed E-state index contributed by atoms with van der Waals surface area (Å²) in [7, 11) is 0. The molecule has 0 aliphatic carbocycles. The zero-order valence-electron chi connectivity index (χ0n) is 23.0. The minimum atomic E-state index is -0.581. The van der Waals surface area contributed by atoms with Crippen molar-refractivity contribution in [2.24, 2.45) is 5.10 Å². The first-order valence-corrected chi connectivity index (χ1v) is 14.5. The van der Waals surface area contributed by atoms with Crippen LogP contribution in [0.1, 0.15) is 38.1 Å². The highest BCUT2D eigenvalue weighted by atomic mass is 35.5. The van der Waals surface area contributed by atoms with Crippen LogP contribution in [-0.4, -0.2) is 30.6 Å². The van der Waals surface area contributed by atoms with E-state index in [1.807, 2.05) is 61.5 Å². The molecule has 1 aromatic heterocycles. The third kappa shape index (κ3) is 7.45. The van der Waals surface area contributed by atoms with Crippen LogP contribution in [-0.2, 0) is 11.2 Å². The van der Waals surface area contributed by atoms with Gasteiger partial charge in [-0.3, -0.25) is 9.59 Å². The van der Waals surface area contributed by atoms with Gasteiger partial charge in [0.05, 0.1) is 24.3 Å². The van der Waals surface area contributed by atoms with Crippen LogP contribution in [0.15, 0.2) is 102 Å². The molecule has 0 aliphatic rings. The van der Waals surface area contributed by atoms with E-state index in [1.54, 1.807) is 42.5 Å². The zero-order chi connectivity index (χ0) is 30.2. The number of hydrazone groups is 1. The van der Waals surface area contributed by atoms with E-state index in [9.17, 15) is 14.4 Å². The Bertz CT molecular complexity index is 1800. The quantitative estimate of drug-likeness (QED) is 0.0757. The predicted octanol–water partition coefficient (Wildman–Crippen LogP) is 7.12. The Morgan fingerprint density at radius 2 is 1.65 bits per heavy atom. The summed E-state index contributed by atoms with van der Waals surface area (Å²) in [5.41, 5.74) is 4.96. The third-order valence-corrected chi connectivity index (χ3v) is 7.86. The summed E-state index contributed by atoms with van der Waals surface area (Å²) in [6.45, 7) is 2.16. The Morgan fingerprint density at radius 1 is 0.907 bits per heavy atom. The Balaban J connectivity index is 1.19. The van der Waals surface area contributed by atoms with Gasteiger partial charge >= 0.3 is 5.97 Å². The second-order valence-electron chi connectivity index (χ2n) is 9.26. The molecular formula is C33H26ClN3O5S. The average molecular weight is 612 g/mol. The van der Waals surface area contributed by atoms with Crippen molar-refractivity contribution in [1.82, 2.24) is 5.43 Å². The van der Waals surface area contributed by atoms with Gasteiger partial charge in [-0.2, -0.15) is 5.10 Å². The maximum Gasteiger partial charge on any atom is 0.355 e. The summed E-state index contributed by atoms with van der Waals surface area (Å²) in [4.78, 5) is 38.1. The lowest BCUT2D eigenvalue weighted by molar-refractivity contribution is -0.115. The van der Waals surface area contributed by atoms with Crippen molar-refractivity contribution in [2.45, 2.75) is 13.3 Å². The zero-order valence-corrected chi connectivity index (χ0v) is 24.6. The van der Waals surface area contributed by atoms with Crippen LogP contribution < -0.4 is 20.2 Å². The Hall–Kier alpha value is -4.99. The lowest BCUT2D eigenvalue weighted by Gasteiger charge is -2.11. The molecule has 5 aromatic rings. The molecule has 216 valence electrons. The number of benzene rings is 4. The predicted molar refractivity (Wildman–Crippen MR) is 170 cm³/mol. The molecule has 1 heterocycles. The number of carbonyl (C=O) groups excluding carboxylic acids is 3. The average Bonchev–Trinajstić information content (AvgIpc) is 3.35. The first-order chi connectivity index (χ1) is 20.9. The molecular weight excluding hydrogens is 586 g/mol. The topological polar surface area (TPSA) is 106 Å². The van der Waals surface area contributed by atoms with Gasteiger partial charge in [0, 0.05) is 21.3 Å². The molecule has 0 bridgehead atoms. The van der Waals surface area contributed by atoms with Crippen molar-refractivity contribution in [3.63, 3.8) is 0 Å². The van der Waals surface area contributed by atoms with Gasteiger partial charge in [0.2, 0.25) is 5.91 Å². The van der Waals surface area contributed by atoms with Crippen LogP contribution in [0, 0.1) is 0 Å². The van der Waals surface area contributed by atoms with Crippen LogP contribution in [0.2, 0.25) is 5.02 Å². The second-order valence-corrected chi connectivity index (χ2v) is 10.7. The maximum absolute atomic E-state index is 12.9. The number of esters is 1. The molecule has 8 nitrogen and oxygen atoms in total. The molecule has 0 atom stereocenters. The van der Waals surface area contributed by atoms with Crippen molar-refractivity contribution in [2.75, 3.05) is 11.9 Å². The standard InChI is InChI=1S/C33H26ClN3O5S/c1-2-41-27-18-22(12-17-26(27)42-33(40)31-30(34)25-10-6-7-11-28(25)43-31)20-35-37-32(39)23-13-15-24(16-14-23)36-29(38)19-21-8-4-3-5-9-21/h3-18,20H,2,19H2,1H3,(H,36,38)(H,37,39)/b35-20-. The van der Waals surface area contributed by atoms with Gasteiger partial charge in [0.25, 0.3) is 5.91 Å². The number of ether oxygens (including phenoxy) is 2. The third-order valence-electron chi connectivity index (χ3n) is 6.21.